The fourth-order valence-electron chi connectivity index (χ4n) is 2.44. The number of carbonyl (C=O) groups excluding carboxylic acids is 1. The first-order valence-electron chi connectivity index (χ1n) is 6.90. The number of ether oxygens (including phenoxy) is 1. The lowest BCUT2D eigenvalue weighted by molar-refractivity contribution is -0.146. The molecule has 2 rings (SSSR count). The van der Waals surface area contributed by atoms with Crippen LogP contribution in [0.5, 0.6) is 0 Å². The van der Waals surface area contributed by atoms with Crippen LogP contribution in [0.15, 0.2) is 0 Å². The van der Waals surface area contributed by atoms with Crippen LogP contribution in [0, 0.1) is 0 Å². The lowest BCUT2D eigenvalue weighted by Crippen LogP contribution is -2.37. The Morgan fingerprint density at radius 2 is 2.35 bits per heavy atom. The normalized spacial score (nSPS) is 23.1. The number of tetrazole rings is 1. The molecular weight excluding hydrogens is 262 g/mol. The number of hydrogen-bond donors (Lipinski definition) is 1. The van der Waals surface area contributed by atoms with Crippen molar-refractivity contribution >= 4 is 5.97 Å². The van der Waals surface area contributed by atoms with Gasteiger partial charge in [0.15, 0.2) is 5.82 Å². The second-order valence-corrected chi connectivity index (χ2v) is 5.03. The van der Waals surface area contributed by atoms with Crippen LogP contribution in [0.4, 0.5) is 0 Å². The van der Waals surface area contributed by atoms with Gasteiger partial charge >= 0.3 is 5.97 Å². The van der Waals surface area contributed by atoms with Gasteiger partial charge in [-0.15, -0.1) is 5.10 Å². The van der Waals surface area contributed by atoms with Gasteiger partial charge in [0.25, 0.3) is 0 Å². The Morgan fingerprint density at radius 1 is 1.55 bits per heavy atom. The monoisotopic (exact) mass is 283 g/mol. The van der Waals surface area contributed by atoms with Crippen molar-refractivity contribution < 1.29 is 14.6 Å². The van der Waals surface area contributed by atoms with Crippen LogP contribution in [0.1, 0.15) is 32.0 Å². The number of methoxy groups -OCH3 is 1. The Hall–Kier alpha value is -1.54. The SMILES string of the molecule is CCCCn1nnnc1CN1CC(O)CC1C(=O)OC. The van der Waals surface area contributed by atoms with Crippen LogP contribution in [0.2, 0.25) is 0 Å². The Morgan fingerprint density at radius 3 is 3.05 bits per heavy atom. The van der Waals surface area contributed by atoms with Crippen molar-refractivity contribution in [1.29, 1.82) is 0 Å². The molecule has 0 saturated carbocycles. The molecule has 1 saturated heterocycles. The van der Waals surface area contributed by atoms with Gasteiger partial charge in [0.05, 0.1) is 19.8 Å². The molecule has 0 amide bonds. The van der Waals surface area contributed by atoms with E-state index >= 15 is 0 Å². The molecule has 0 aliphatic carbocycles. The molecule has 112 valence electrons. The number of aliphatic hydroxyl groups is 1. The van der Waals surface area contributed by atoms with Crippen LogP contribution in [0.3, 0.4) is 0 Å². The first-order chi connectivity index (χ1) is 9.65. The highest BCUT2D eigenvalue weighted by Crippen LogP contribution is 2.20. The molecule has 8 heteroatoms. The van der Waals surface area contributed by atoms with E-state index in [0.29, 0.717) is 25.3 Å². The van der Waals surface area contributed by atoms with Gasteiger partial charge in [0, 0.05) is 19.5 Å². The summed E-state index contributed by atoms with van der Waals surface area (Å²) >= 11 is 0. The summed E-state index contributed by atoms with van der Waals surface area (Å²) in [5.41, 5.74) is 0. The third kappa shape index (κ3) is 3.31. The molecule has 1 fully saturated rings. The molecule has 8 nitrogen and oxygen atoms in total. The summed E-state index contributed by atoms with van der Waals surface area (Å²) in [5, 5.41) is 21.4. The topological polar surface area (TPSA) is 93.4 Å². The summed E-state index contributed by atoms with van der Waals surface area (Å²) < 4.78 is 6.53. The maximum Gasteiger partial charge on any atom is 0.323 e. The number of esters is 1. The number of aliphatic hydroxyl groups excluding tert-OH is 1. The predicted octanol–water partition coefficient (Wildman–Crippen LogP) is -0.419. The number of hydrogen-bond acceptors (Lipinski definition) is 7. The smallest absolute Gasteiger partial charge is 0.323 e. The minimum absolute atomic E-state index is 0.325. The van der Waals surface area contributed by atoms with E-state index in [2.05, 4.69) is 22.4 Å². The van der Waals surface area contributed by atoms with E-state index in [1.54, 1.807) is 4.68 Å². The van der Waals surface area contributed by atoms with Crippen LogP contribution in [-0.2, 0) is 22.6 Å². The third-order valence-electron chi connectivity index (χ3n) is 3.53. The number of unbranched alkanes of at least 4 members (excludes halogenated alkanes) is 1. The van der Waals surface area contributed by atoms with Crippen LogP contribution < -0.4 is 0 Å². The minimum atomic E-state index is -0.515. The second kappa shape index (κ2) is 6.76. The minimum Gasteiger partial charge on any atom is -0.468 e. The van der Waals surface area contributed by atoms with Crippen molar-refractivity contribution in [2.24, 2.45) is 0 Å². The zero-order valence-electron chi connectivity index (χ0n) is 11.9. The maximum absolute atomic E-state index is 11.7. The summed E-state index contributed by atoms with van der Waals surface area (Å²) in [5.74, 6) is 0.385. The van der Waals surface area contributed by atoms with E-state index in [9.17, 15) is 9.90 Å². The van der Waals surface area contributed by atoms with Crippen molar-refractivity contribution in [2.45, 2.75) is 51.4 Å². The summed E-state index contributed by atoms with van der Waals surface area (Å²) in [7, 11) is 1.36. The lowest BCUT2D eigenvalue weighted by atomic mass is 10.2. The van der Waals surface area contributed by atoms with Crippen LogP contribution in [0.25, 0.3) is 0 Å². The maximum atomic E-state index is 11.7. The molecule has 0 bridgehead atoms. The van der Waals surface area contributed by atoms with Gasteiger partial charge in [-0.2, -0.15) is 0 Å². The Labute approximate surface area is 117 Å². The molecule has 1 aromatic heterocycles. The second-order valence-electron chi connectivity index (χ2n) is 5.03. The first kappa shape index (κ1) is 14.9. The molecule has 0 spiro atoms. The van der Waals surface area contributed by atoms with Gasteiger partial charge in [-0.3, -0.25) is 9.69 Å². The third-order valence-corrected chi connectivity index (χ3v) is 3.53. The quantitative estimate of drug-likeness (QED) is 0.709. The van der Waals surface area contributed by atoms with Gasteiger partial charge in [0.1, 0.15) is 6.04 Å². The highest BCUT2D eigenvalue weighted by molar-refractivity contribution is 5.76. The molecule has 2 atom stereocenters. The molecule has 1 N–H and O–H groups in total. The van der Waals surface area contributed by atoms with E-state index in [1.165, 1.54) is 7.11 Å². The van der Waals surface area contributed by atoms with Crippen molar-refractivity contribution in [3.05, 3.63) is 5.82 Å². The molecular formula is C12H21N5O3. The molecule has 2 unspecified atom stereocenters. The average molecular weight is 283 g/mol. The molecule has 0 aromatic carbocycles. The highest BCUT2D eigenvalue weighted by atomic mass is 16.5. The molecule has 20 heavy (non-hydrogen) atoms. The fourth-order valence-corrected chi connectivity index (χ4v) is 2.44. The summed E-state index contributed by atoms with van der Waals surface area (Å²) in [6.07, 6.45) is 1.94. The van der Waals surface area contributed by atoms with Crippen LogP contribution in [-0.4, -0.2) is 62.0 Å². The van der Waals surface area contributed by atoms with E-state index < -0.39 is 12.1 Å². The Bertz CT molecular complexity index is 450. The number of carbonyl (C=O) groups is 1. The molecule has 1 aliphatic rings. The van der Waals surface area contributed by atoms with E-state index in [4.69, 9.17) is 4.74 Å². The largest absolute Gasteiger partial charge is 0.468 e. The standard InChI is InChI=1S/C12H21N5O3/c1-3-4-5-17-11(13-14-15-17)8-16-7-9(18)6-10(16)12(19)20-2/h9-10,18H,3-8H2,1-2H3. The van der Waals surface area contributed by atoms with Gasteiger partial charge in [0.2, 0.25) is 0 Å². The summed E-state index contributed by atoms with van der Waals surface area (Å²) in [6, 6.07) is -0.425. The van der Waals surface area contributed by atoms with Gasteiger partial charge in [-0.1, -0.05) is 13.3 Å². The number of aromatic nitrogens is 4. The van der Waals surface area contributed by atoms with E-state index in [-0.39, 0.29) is 5.97 Å². The fraction of sp³-hybridized carbons (Fsp3) is 0.833. The Kier molecular flexibility index (Phi) is 5.02. The van der Waals surface area contributed by atoms with E-state index in [0.717, 1.165) is 19.4 Å². The predicted molar refractivity (Wildman–Crippen MR) is 69.6 cm³/mol. The zero-order valence-corrected chi connectivity index (χ0v) is 11.9. The summed E-state index contributed by atoms with van der Waals surface area (Å²) in [6.45, 7) is 3.74. The molecule has 1 aromatic rings. The van der Waals surface area contributed by atoms with Crippen molar-refractivity contribution in [3.8, 4) is 0 Å². The van der Waals surface area contributed by atoms with Gasteiger partial charge in [-0.25, -0.2) is 4.68 Å². The van der Waals surface area contributed by atoms with Gasteiger partial charge in [-0.05, 0) is 16.8 Å². The van der Waals surface area contributed by atoms with Crippen LogP contribution >= 0.6 is 0 Å². The Balaban J connectivity index is 2.04. The summed E-state index contributed by atoms with van der Waals surface area (Å²) in [4.78, 5) is 13.6. The number of nitrogens with zero attached hydrogens (tertiary/aromatic N) is 5. The van der Waals surface area contributed by atoms with Crippen molar-refractivity contribution in [1.82, 2.24) is 25.1 Å². The zero-order chi connectivity index (χ0) is 14.5. The number of likely N-dealkylation sites (tertiary alicyclic amines) is 1. The van der Waals surface area contributed by atoms with Crippen molar-refractivity contribution in [2.75, 3.05) is 13.7 Å². The number of β-amino-alcohol motifs (C(OH)–C–C–N with tert-alkyl or cyclic N) is 1. The molecule has 1 aliphatic heterocycles. The van der Waals surface area contributed by atoms with Crippen molar-refractivity contribution in [3.63, 3.8) is 0 Å². The molecule has 0 radical (unpaired) electrons. The number of rotatable bonds is 6. The number of aryl methyl sites for hydroxylation is 1. The van der Waals surface area contributed by atoms with Gasteiger partial charge < -0.3 is 9.84 Å². The van der Waals surface area contributed by atoms with E-state index in [1.807, 2.05) is 4.90 Å². The lowest BCUT2D eigenvalue weighted by Gasteiger charge is -2.21. The highest BCUT2D eigenvalue weighted by Gasteiger charge is 2.37. The molecule has 2 heterocycles. The average Bonchev–Trinajstić information content (AvgIpc) is 3.02. The first-order valence-corrected chi connectivity index (χ1v) is 6.90.